The highest BCUT2D eigenvalue weighted by molar-refractivity contribution is 7.50. The van der Waals surface area contributed by atoms with Crippen molar-refractivity contribution in [2.24, 2.45) is 0 Å². The first-order chi connectivity index (χ1) is 16.1. The zero-order chi connectivity index (χ0) is 24.5. The van der Waals surface area contributed by atoms with Gasteiger partial charge in [-0.25, -0.2) is 9.24 Å². The van der Waals surface area contributed by atoms with Gasteiger partial charge < -0.3 is 4.89 Å². The van der Waals surface area contributed by atoms with E-state index in [1.807, 2.05) is 0 Å². The van der Waals surface area contributed by atoms with Gasteiger partial charge in [-0.05, 0) is 19.3 Å². The monoisotopic (exact) mass is 489 g/mol. The quantitative estimate of drug-likeness (QED) is 0.0921. The minimum atomic E-state index is -3.67. The van der Waals surface area contributed by atoms with Crippen molar-refractivity contribution in [3.63, 3.8) is 0 Å². The Balaban J connectivity index is 4.25. The Labute approximate surface area is 208 Å². The number of rotatable bonds is 27. The molecule has 0 saturated heterocycles. The first kappa shape index (κ1) is 33.1. The maximum Gasteiger partial charge on any atom is 0.405 e. The van der Waals surface area contributed by atoms with Gasteiger partial charge in [0.1, 0.15) is 0 Å². The summed E-state index contributed by atoms with van der Waals surface area (Å²) in [5.41, 5.74) is 0. The first-order valence-electron chi connectivity index (χ1n) is 14.8. The van der Waals surface area contributed by atoms with E-state index in [0.717, 1.165) is 38.5 Å². The molecular formula is C28H60NO3P. The molecular weight excluding hydrogens is 429 g/mol. The predicted octanol–water partition coefficient (Wildman–Crippen LogP) is 10.0. The molecule has 0 heterocycles. The predicted molar refractivity (Wildman–Crippen MR) is 146 cm³/mol. The van der Waals surface area contributed by atoms with E-state index >= 15 is 0 Å². The number of nitrogens with zero attached hydrogens (tertiary/aromatic N) is 1. The highest BCUT2D eigenvalue weighted by atomic mass is 31.2. The molecule has 0 aromatic heterocycles. The SMILES string of the molecule is CCCCCCCCCCN(CCCCCCCCCC)P(=O)(O)OCCCCCCCC. The summed E-state index contributed by atoms with van der Waals surface area (Å²) in [7, 11) is -3.67. The average Bonchev–Trinajstić information content (AvgIpc) is 2.80. The smallest absolute Gasteiger partial charge is 0.312 e. The van der Waals surface area contributed by atoms with Gasteiger partial charge >= 0.3 is 7.75 Å². The number of unbranched alkanes of at least 4 members (excludes halogenated alkanes) is 19. The molecule has 0 aliphatic carbocycles. The van der Waals surface area contributed by atoms with Crippen LogP contribution in [-0.4, -0.2) is 29.3 Å². The first-order valence-corrected chi connectivity index (χ1v) is 16.3. The van der Waals surface area contributed by atoms with Crippen LogP contribution in [0.4, 0.5) is 0 Å². The van der Waals surface area contributed by atoms with Crippen molar-refractivity contribution in [2.75, 3.05) is 19.7 Å². The fourth-order valence-electron chi connectivity index (χ4n) is 4.37. The molecule has 5 heteroatoms. The van der Waals surface area contributed by atoms with E-state index in [4.69, 9.17) is 4.52 Å². The Morgan fingerprint density at radius 2 is 0.818 bits per heavy atom. The second kappa shape index (κ2) is 25.2. The summed E-state index contributed by atoms with van der Waals surface area (Å²) in [4.78, 5) is 10.7. The summed E-state index contributed by atoms with van der Waals surface area (Å²) < 4.78 is 20.3. The third-order valence-corrected chi connectivity index (χ3v) is 8.29. The Morgan fingerprint density at radius 1 is 0.515 bits per heavy atom. The minimum absolute atomic E-state index is 0.408. The van der Waals surface area contributed by atoms with Crippen LogP contribution in [0.25, 0.3) is 0 Å². The van der Waals surface area contributed by atoms with Gasteiger partial charge in [-0.15, -0.1) is 0 Å². The molecule has 4 nitrogen and oxygen atoms in total. The van der Waals surface area contributed by atoms with Crippen LogP contribution in [-0.2, 0) is 9.09 Å². The lowest BCUT2D eigenvalue weighted by Gasteiger charge is -2.26. The summed E-state index contributed by atoms with van der Waals surface area (Å²) in [6.45, 7) is 8.51. The Bertz CT molecular complexity index is 413. The molecule has 0 aromatic carbocycles. The zero-order valence-electron chi connectivity index (χ0n) is 22.8. The molecule has 0 aliphatic rings. The van der Waals surface area contributed by atoms with Crippen LogP contribution in [0.3, 0.4) is 0 Å². The van der Waals surface area contributed by atoms with E-state index in [1.54, 1.807) is 4.67 Å². The third kappa shape index (κ3) is 22.3. The second-order valence-corrected chi connectivity index (χ2v) is 11.8. The summed E-state index contributed by atoms with van der Waals surface area (Å²) in [5, 5.41) is 0. The second-order valence-electron chi connectivity index (χ2n) is 9.99. The highest BCUT2D eigenvalue weighted by Gasteiger charge is 2.28. The third-order valence-electron chi connectivity index (χ3n) is 6.65. The van der Waals surface area contributed by atoms with E-state index in [2.05, 4.69) is 20.8 Å². The molecule has 0 radical (unpaired) electrons. The van der Waals surface area contributed by atoms with Crippen LogP contribution < -0.4 is 0 Å². The molecule has 0 aliphatic heterocycles. The lowest BCUT2D eigenvalue weighted by molar-refractivity contribution is 0.194. The number of hydrogen-bond donors (Lipinski definition) is 1. The topological polar surface area (TPSA) is 49.8 Å². The molecule has 1 N–H and O–H groups in total. The highest BCUT2D eigenvalue weighted by Crippen LogP contribution is 2.46. The summed E-state index contributed by atoms with van der Waals surface area (Å²) in [6.07, 6.45) is 26.9. The van der Waals surface area contributed by atoms with Crippen molar-refractivity contribution >= 4 is 7.75 Å². The van der Waals surface area contributed by atoms with Crippen LogP contribution >= 0.6 is 7.75 Å². The van der Waals surface area contributed by atoms with E-state index in [9.17, 15) is 9.46 Å². The lowest BCUT2D eigenvalue weighted by Crippen LogP contribution is -2.24. The molecule has 0 saturated carbocycles. The van der Waals surface area contributed by atoms with Crippen molar-refractivity contribution in [3.8, 4) is 0 Å². The Hall–Kier alpha value is 0.110. The average molecular weight is 490 g/mol. The van der Waals surface area contributed by atoms with Crippen molar-refractivity contribution in [2.45, 2.75) is 162 Å². The van der Waals surface area contributed by atoms with Gasteiger partial charge in [0.05, 0.1) is 6.61 Å². The molecule has 0 bridgehead atoms. The van der Waals surface area contributed by atoms with E-state index in [-0.39, 0.29) is 0 Å². The molecule has 0 fully saturated rings. The molecule has 200 valence electrons. The van der Waals surface area contributed by atoms with Crippen molar-refractivity contribution in [3.05, 3.63) is 0 Å². The lowest BCUT2D eigenvalue weighted by atomic mass is 10.1. The zero-order valence-corrected chi connectivity index (χ0v) is 23.7. The van der Waals surface area contributed by atoms with Gasteiger partial charge in [-0.2, -0.15) is 0 Å². The van der Waals surface area contributed by atoms with Gasteiger partial charge in [-0.3, -0.25) is 4.52 Å². The molecule has 33 heavy (non-hydrogen) atoms. The van der Waals surface area contributed by atoms with Gasteiger partial charge in [-0.1, -0.05) is 143 Å². The van der Waals surface area contributed by atoms with Gasteiger partial charge in [0.25, 0.3) is 0 Å². The van der Waals surface area contributed by atoms with E-state index in [0.29, 0.717) is 19.7 Å². The summed E-state index contributed by atoms with van der Waals surface area (Å²) in [6, 6.07) is 0. The van der Waals surface area contributed by atoms with Crippen molar-refractivity contribution in [1.82, 2.24) is 4.67 Å². The Kier molecular flexibility index (Phi) is 25.3. The largest absolute Gasteiger partial charge is 0.405 e. The minimum Gasteiger partial charge on any atom is -0.312 e. The molecule has 0 amide bonds. The summed E-state index contributed by atoms with van der Waals surface area (Å²) in [5.74, 6) is 0. The van der Waals surface area contributed by atoms with Crippen molar-refractivity contribution in [1.29, 1.82) is 0 Å². The van der Waals surface area contributed by atoms with Gasteiger partial charge in [0.15, 0.2) is 0 Å². The van der Waals surface area contributed by atoms with Crippen molar-refractivity contribution < 1.29 is 14.0 Å². The van der Waals surface area contributed by atoms with Gasteiger partial charge in [0, 0.05) is 13.1 Å². The molecule has 1 unspecified atom stereocenters. The fraction of sp³-hybridized carbons (Fsp3) is 1.00. The molecule has 1 atom stereocenters. The fourth-order valence-corrected chi connectivity index (χ4v) is 5.69. The molecule has 0 aromatic rings. The van der Waals surface area contributed by atoms with E-state index < -0.39 is 7.75 Å². The van der Waals surface area contributed by atoms with Crippen LogP contribution in [0.2, 0.25) is 0 Å². The standard InChI is InChI=1S/C28H60NO3P/c1-4-7-10-13-16-18-20-23-26-29(27-24-21-19-17-14-11-8-5-2)33(30,31)32-28-25-22-15-12-9-6-3/h4-28H2,1-3H3,(H,30,31). The van der Waals surface area contributed by atoms with Crippen LogP contribution in [0.15, 0.2) is 0 Å². The summed E-state index contributed by atoms with van der Waals surface area (Å²) >= 11 is 0. The number of hydrogen-bond acceptors (Lipinski definition) is 2. The molecule has 0 rings (SSSR count). The molecule has 0 spiro atoms. The normalized spacial score (nSPS) is 13.6. The maximum atomic E-state index is 13.0. The van der Waals surface area contributed by atoms with Crippen LogP contribution in [0.5, 0.6) is 0 Å². The van der Waals surface area contributed by atoms with Crippen LogP contribution in [0.1, 0.15) is 162 Å². The van der Waals surface area contributed by atoms with Crippen LogP contribution in [0, 0.1) is 0 Å². The maximum absolute atomic E-state index is 13.0. The Morgan fingerprint density at radius 3 is 1.18 bits per heavy atom. The van der Waals surface area contributed by atoms with Gasteiger partial charge in [0.2, 0.25) is 0 Å². The van der Waals surface area contributed by atoms with E-state index in [1.165, 1.54) is 103 Å².